The number of fused-ring (bicyclic) bond motifs is 3. The standard InChI is InChI=1S/C28H31ClN4O3/c1-16-9-10-20(21(29)11-16)26(35)32-14-19-13-18(32)15-33(19)27(36)24(28(2,3)4)31-25(34)23-12-17-7-5-6-8-22(17)30-23/h5-12,18-19,24,30H,13-15H2,1-4H3,(H,31,34)/t18-,19-,24?/m0/s1. The van der Waals surface area contributed by atoms with E-state index in [1.807, 2.05) is 67.8 Å². The van der Waals surface area contributed by atoms with Gasteiger partial charge in [0.15, 0.2) is 0 Å². The maximum Gasteiger partial charge on any atom is 0.268 e. The smallest absolute Gasteiger partial charge is 0.268 e. The first-order valence-corrected chi connectivity index (χ1v) is 12.7. The van der Waals surface area contributed by atoms with Crippen molar-refractivity contribution in [3.05, 3.63) is 70.4 Å². The van der Waals surface area contributed by atoms with Crippen LogP contribution in [0.5, 0.6) is 0 Å². The number of nitrogens with zero attached hydrogens (tertiary/aromatic N) is 2. The van der Waals surface area contributed by atoms with Gasteiger partial charge in [-0.3, -0.25) is 14.4 Å². The number of carbonyl (C=O) groups excluding carboxylic acids is 3. The molecular formula is C28H31ClN4O3. The molecule has 2 aliphatic heterocycles. The van der Waals surface area contributed by atoms with Crippen molar-refractivity contribution >= 4 is 40.2 Å². The van der Waals surface area contributed by atoms with Crippen LogP contribution in [0.4, 0.5) is 0 Å². The molecule has 2 bridgehead atoms. The van der Waals surface area contributed by atoms with E-state index >= 15 is 0 Å². The molecule has 0 spiro atoms. The summed E-state index contributed by atoms with van der Waals surface area (Å²) in [7, 11) is 0. The van der Waals surface area contributed by atoms with E-state index in [1.165, 1.54) is 0 Å². The van der Waals surface area contributed by atoms with Gasteiger partial charge in [0, 0.05) is 24.0 Å². The number of hydrogen-bond donors (Lipinski definition) is 2. The third-order valence-corrected chi connectivity index (χ3v) is 7.62. The van der Waals surface area contributed by atoms with Crippen molar-refractivity contribution in [3.8, 4) is 0 Å². The van der Waals surface area contributed by atoms with Crippen LogP contribution < -0.4 is 5.32 Å². The first kappa shape index (κ1) is 24.4. The predicted octanol–water partition coefficient (Wildman–Crippen LogP) is 4.40. The Morgan fingerprint density at radius 1 is 1.03 bits per heavy atom. The van der Waals surface area contributed by atoms with Crippen LogP contribution in [0.3, 0.4) is 0 Å². The molecule has 2 aliphatic rings. The average molecular weight is 507 g/mol. The number of aryl methyl sites for hydroxylation is 1. The van der Waals surface area contributed by atoms with E-state index in [9.17, 15) is 14.4 Å². The van der Waals surface area contributed by atoms with Gasteiger partial charge in [0.05, 0.1) is 22.7 Å². The molecule has 2 aromatic carbocycles. The lowest BCUT2D eigenvalue weighted by molar-refractivity contribution is -0.138. The molecule has 36 heavy (non-hydrogen) atoms. The van der Waals surface area contributed by atoms with E-state index in [0.717, 1.165) is 22.9 Å². The molecule has 3 aromatic rings. The molecular weight excluding hydrogens is 476 g/mol. The second-order valence-electron chi connectivity index (χ2n) is 11.0. The molecule has 5 rings (SSSR count). The fourth-order valence-electron chi connectivity index (χ4n) is 5.35. The van der Waals surface area contributed by atoms with Gasteiger partial charge < -0.3 is 20.1 Å². The fourth-order valence-corrected chi connectivity index (χ4v) is 5.67. The van der Waals surface area contributed by atoms with Crippen molar-refractivity contribution < 1.29 is 14.4 Å². The second-order valence-corrected chi connectivity index (χ2v) is 11.4. The van der Waals surface area contributed by atoms with Gasteiger partial charge >= 0.3 is 0 Å². The number of nitrogens with one attached hydrogen (secondary N) is 2. The van der Waals surface area contributed by atoms with Crippen LogP contribution in [-0.4, -0.2) is 63.7 Å². The quantitative estimate of drug-likeness (QED) is 0.550. The highest BCUT2D eigenvalue weighted by Crippen LogP contribution is 2.35. The third-order valence-electron chi connectivity index (χ3n) is 7.30. The topological polar surface area (TPSA) is 85.5 Å². The molecule has 3 amide bonds. The van der Waals surface area contributed by atoms with Gasteiger partial charge in [-0.25, -0.2) is 0 Å². The number of aromatic amines is 1. The largest absolute Gasteiger partial charge is 0.351 e. The van der Waals surface area contributed by atoms with E-state index in [0.29, 0.717) is 29.4 Å². The number of H-pyrrole nitrogens is 1. The van der Waals surface area contributed by atoms with Crippen molar-refractivity contribution in [2.24, 2.45) is 5.41 Å². The van der Waals surface area contributed by atoms with Crippen molar-refractivity contribution in [3.63, 3.8) is 0 Å². The van der Waals surface area contributed by atoms with Crippen molar-refractivity contribution in [1.82, 2.24) is 20.1 Å². The van der Waals surface area contributed by atoms with Gasteiger partial charge in [-0.15, -0.1) is 0 Å². The minimum atomic E-state index is -0.702. The van der Waals surface area contributed by atoms with Gasteiger partial charge in [-0.05, 0) is 48.6 Å². The Kier molecular flexibility index (Phi) is 6.07. The van der Waals surface area contributed by atoms with Crippen LogP contribution in [0.2, 0.25) is 5.02 Å². The summed E-state index contributed by atoms with van der Waals surface area (Å²) in [5, 5.41) is 4.37. The number of halogens is 1. The third kappa shape index (κ3) is 4.37. The summed E-state index contributed by atoms with van der Waals surface area (Å²) in [6.45, 7) is 8.70. The van der Waals surface area contributed by atoms with Crippen molar-refractivity contribution in [2.45, 2.75) is 52.2 Å². The van der Waals surface area contributed by atoms with Crippen LogP contribution in [0.1, 0.15) is 53.6 Å². The first-order chi connectivity index (χ1) is 17.0. The summed E-state index contributed by atoms with van der Waals surface area (Å²) in [6.07, 6.45) is 0.730. The van der Waals surface area contributed by atoms with Crippen LogP contribution in [0, 0.1) is 12.3 Å². The summed E-state index contributed by atoms with van der Waals surface area (Å²) in [4.78, 5) is 46.9. The van der Waals surface area contributed by atoms with Gasteiger partial charge in [-0.2, -0.15) is 0 Å². The lowest BCUT2D eigenvalue weighted by Gasteiger charge is -2.39. The lowest BCUT2D eigenvalue weighted by Crippen LogP contribution is -2.59. The molecule has 0 aliphatic carbocycles. The minimum absolute atomic E-state index is 0.0613. The number of carbonyl (C=O) groups is 3. The highest BCUT2D eigenvalue weighted by Gasteiger charge is 2.50. The number of amides is 3. The second kappa shape index (κ2) is 8.96. The molecule has 3 atom stereocenters. The zero-order valence-electron chi connectivity index (χ0n) is 21.0. The van der Waals surface area contributed by atoms with Crippen molar-refractivity contribution in [2.75, 3.05) is 13.1 Å². The number of para-hydroxylation sites is 1. The van der Waals surface area contributed by atoms with E-state index in [1.54, 1.807) is 18.2 Å². The van der Waals surface area contributed by atoms with Gasteiger partial charge in [0.2, 0.25) is 5.91 Å². The molecule has 1 unspecified atom stereocenters. The van der Waals surface area contributed by atoms with Crippen LogP contribution in [0.15, 0.2) is 48.5 Å². The lowest BCUT2D eigenvalue weighted by atomic mass is 9.85. The number of aromatic nitrogens is 1. The minimum Gasteiger partial charge on any atom is -0.351 e. The number of hydrogen-bond acceptors (Lipinski definition) is 3. The van der Waals surface area contributed by atoms with Gasteiger partial charge in [0.1, 0.15) is 11.7 Å². The number of benzene rings is 2. The van der Waals surface area contributed by atoms with Gasteiger partial charge in [0.25, 0.3) is 11.8 Å². The Morgan fingerprint density at radius 2 is 1.72 bits per heavy atom. The number of likely N-dealkylation sites (tertiary alicyclic amines) is 2. The van der Waals surface area contributed by atoms with Crippen LogP contribution in [0.25, 0.3) is 10.9 Å². The summed E-state index contributed by atoms with van der Waals surface area (Å²) in [6, 6.07) is 14.1. The summed E-state index contributed by atoms with van der Waals surface area (Å²) < 4.78 is 0. The van der Waals surface area contributed by atoms with Crippen LogP contribution in [-0.2, 0) is 4.79 Å². The van der Waals surface area contributed by atoms with E-state index in [-0.39, 0.29) is 29.8 Å². The predicted molar refractivity (Wildman–Crippen MR) is 140 cm³/mol. The molecule has 2 fully saturated rings. The molecule has 2 saturated heterocycles. The first-order valence-electron chi connectivity index (χ1n) is 12.3. The van der Waals surface area contributed by atoms with Crippen molar-refractivity contribution in [1.29, 1.82) is 0 Å². The maximum atomic E-state index is 13.7. The summed E-state index contributed by atoms with van der Waals surface area (Å²) in [5.74, 6) is -0.520. The number of rotatable bonds is 4. The van der Waals surface area contributed by atoms with E-state index < -0.39 is 11.5 Å². The highest BCUT2D eigenvalue weighted by atomic mass is 35.5. The molecule has 0 radical (unpaired) electrons. The summed E-state index contributed by atoms with van der Waals surface area (Å²) in [5.41, 5.74) is 2.29. The Hall–Kier alpha value is -3.32. The SMILES string of the molecule is Cc1ccc(C(=O)N2C[C@@H]3C[C@H]2CN3C(=O)C(NC(=O)c2cc3ccccc3[nH]2)C(C)(C)C)c(Cl)c1. The molecule has 2 N–H and O–H groups in total. The molecule has 8 heteroatoms. The van der Waals surface area contributed by atoms with Gasteiger partial charge in [-0.1, -0.05) is 56.6 Å². The van der Waals surface area contributed by atoms with E-state index in [2.05, 4.69) is 10.3 Å². The normalized spacial score (nSPS) is 20.1. The zero-order chi connectivity index (χ0) is 25.8. The molecule has 7 nitrogen and oxygen atoms in total. The maximum absolute atomic E-state index is 13.7. The molecule has 3 heterocycles. The Morgan fingerprint density at radius 3 is 2.36 bits per heavy atom. The summed E-state index contributed by atoms with van der Waals surface area (Å²) >= 11 is 6.35. The Balaban J connectivity index is 1.30. The fraction of sp³-hybridized carbons (Fsp3) is 0.393. The number of piperazine rings is 1. The monoisotopic (exact) mass is 506 g/mol. The van der Waals surface area contributed by atoms with E-state index in [4.69, 9.17) is 11.6 Å². The molecule has 188 valence electrons. The zero-order valence-corrected chi connectivity index (χ0v) is 21.7. The molecule has 0 saturated carbocycles. The average Bonchev–Trinajstić information content (AvgIpc) is 3.54. The highest BCUT2D eigenvalue weighted by molar-refractivity contribution is 6.33. The Labute approximate surface area is 215 Å². The molecule has 1 aromatic heterocycles. The Bertz CT molecular complexity index is 1330. The van der Waals surface area contributed by atoms with Crippen LogP contribution >= 0.6 is 11.6 Å².